The molecule has 0 unspecified atom stereocenters. The zero-order valence-electron chi connectivity index (χ0n) is 13.1. The van der Waals surface area contributed by atoms with Crippen molar-refractivity contribution < 1.29 is 19.5 Å². The highest BCUT2D eigenvalue weighted by Gasteiger charge is 2.57. The first-order valence-corrected chi connectivity index (χ1v) is 7.87. The number of benzene rings is 1. The molecule has 2 N–H and O–H groups in total. The summed E-state index contributed by atoms with van der Waals surface area (Å²) in [4.78, 5) is 37.1. The van der Waals surface area contributed by atoms with Gasteiger partial charge in [-0.25, -0.2) is 0 Å². The van der Waals surface area contributed by atoms with Crippen molar-refractivity contribution >= 4 is 35.1 Å². The second-order valence-corrected chi connectivity index (χ2v) is 5.92. The van der Waals surface area contributed by atoms with Gasteiger partial charge in [0.1, 0.15) is 5.41 Å². The lowest BCUT2D eigenvalue weighted by molar-refractivity contribution is -0.147. The van der Waals surface area contributed by atoms with Crippen molar-refractivity contribution in [1.82, 2.24) is 4.90 Å². The number of hydrogen-bond acceptors (Lipinski definition) is 3. The Labute approximate surface area is 139 Å². The molecule has 23 heavy (non-hydrogen) atoms. The molecule has 0 aromatic heterocycles. The van der Waals surface area contributed by atoms with Crippen LogP contribution in [0.25, 0.3) is 0 Å². The summed E-state index contributed by atoms with van der Waals surface area (Å²) in [6, 6.07) is 4.56. The molecule has 1 aliphatic rings. The van der Waals surface area contributed by atoms with Crippen molar-refractivity contribution in [2.45, 2.75) is 26.7 Å². The number of amides is 2. The second-order valence-electron chi connectivity index (χ2n) is 5.51. The van der Waals surface area contributed by atoms with Gasteiger partial charge < -0.3 is 15.3 Å². The molecule has 7 heteroatoms. The zero-order chi connectivity index (χ0) is 17.2. The van der Waals surface area contributed by atoms with Gasteiger partial charge in [0.15, 0.2) is 0 Å². The minimum atomic E-state index is -1.32. The Kier molecular flexibility index (Phi) is 4.94. The lowest BCUT2D eigenvalue weighted by atomic mass is 10.1. The van der Waals surface area contributed by atoms with Crippen molar-refractivity contribution in [3.8, 4) is 0 Å². The second kappa shape index (κ2) is 6.58. The standard InChI is InChI=1S/C16H19ClN2O4/c1-3-19(4-2)13(20)11-6-5-10(9-12(11)17)18-14(21)16(7-8-16)15(22)23/h5-6,9H,3-4,7-8H2,1-2H3,(H,18,21)(H,22,23). The molecule has 2 rings (SSSR count). The van der Waals surface area contributed by atoms with Gasteiger partial charge in [0.2, 0.25) is 5.91 Å². The van der Waals surface area contributed by atoms with Crippen LogP contribution in [0.3, 0.4) is 0 Å². The normalized spacial score (nSPS) is 14.9. The van der Waals surface area contributed by atoms with Gasteiger partial charge in [-0.2, -0.15) is 0 Å². The van der Waals surface area contributed by atoms with Crippen LogP contribution < -0.4 is 5.32 Å². The van der Waals surface area contributed by atoms with E-state index in [-0.39, 0.29) is 10.9 Å². The fraction of sp³-hybridized carbons (Fsp3) is 0.438. The summed E-state index contributed by atoms with van der Waals surface area (Å²) in [5.41, 5.74) is -0.585. The summed E-state index contributed by atoms with van der Waals surface area (Å²) in [5, 5.41) is 11.9. The smallest absolute Gasteiger partial charge is 0.319 e. The highest BCUT2D eigenvalue weighted by atomic mass is 35.5. The molecule has 124 valence electrons. The fourth-order valence-corrected chi connectivity index (χ4v) is 2.62. The Morgan fingerprint density at radius 1 is 1.26 bits per heavy atom. The number of carboxylic acids is 1. The number of carbonyl (C=O) groups excluding carboxylic acids is 2. The summed E-state index contributed by atoms with van der Waals surface area (Å²) < 4.78 is 0. The maximum Gasteiger partial charge on any atom is 0.319 e. The van der Waals surface area contributed by atoms with Crippen LogP contribution in [0.5, 0.6) is 0 Å². The number of anilines is 1. The number of carboxylic acid groups (broad SMARTS) is 1. The SMILES string of the molecule is CCN(CC)C(=O)c1ccc(NC(=O)C2(C(=O)O)CC2)cc1Cl. The lowest BCUT2D eigenvalue weighted by Gasteiger charge is -2.19. The van der Waals surface area contributed by atoms with Crippen LogP contribution in [0.4, 0.5) is 5.69 Å². The average Bonchev–Trinajstić information content (AvgIpc) is 3.30. The molecular formula is C16H19ClN2O4. The number of aliphatic carboxylic acids is 1. The Morgan fingerprint density at radius 2 is 1.87 bits per heavy atom. The number of nitrogens with one attached hydrogen (secondary N) is 1. The van der Waals surface area contributed by atoms with Gasteiger partial charge in [-0.3, -0.25) is 14.4 Å². The first-order valence-electron chi connectivity index (χ1n) is 7.49. The third kappa shape index (κ3) is 3.32. The summed E-state index contributed by atoms with van der Waals surface area (Å²) in [6.45, 7) is 4.91. The molecule has 0 atom stereocenters. The average molecular weight is 339 g/mol. The van der Waals surface area contributed by atoms with Crippen LogP contribution >= 0.6 is 11.6 Å². The highest BCUT2D eigenvalue weighted by Crippen LogP contribution is 2.46. The van der Waals surface area contributed by atoms with E-state index in [1.807, 2.05) is 13.8 Å². The minimum absolute atomic E-state index is 0.179. The van der Waals surface area contributed by atoms with Crippen molar-refractivity contribution in [3.63, 3.8) is 0 Å². The minimum Gasteiger partial charge on any atom is -0.480 e. The Hall–Kier alpha value is -2.08. The van der Waals surface area contributed by atoms with Gasteiger partial charge in [-0.05, 0) is 44.9 Å². The molecule has 0 bridgehead atoms. The molecule has 6 nitrogen and oxygen atoms in total. The molecule has 0 spiro atoms. The first-order chi connectivity index (χ1) is 10.9. The summed E-state index contributed by atoms with van der Waals surface area (Å²) in [5.74, 6) is -1.85. The highest BCUT2D eigenvalue weighted by molar-refractivity contribution is 6.34. The van der Waals surface area contributed by atoms with E-state index in [0.717, 1.165) is 0 Å². The Morgan fingerprint density at radius 3 is 2.30 bits per heavy atom. The topological polar surface area (TPSA) is 86.7 Å². The largest absolute Gasteiger partial charge is 0.480 e. The van der Waals surface area contributed by atoms with E-state index in [4.69, 9.17) is 16.7 Å². The van der Waals surface area contributed by atoms with Gasteiger partial charge in [0.25, 0.3) is 5.91 Å². The van der Waals surface area contributed by atoms with Gasteiger partial charge >= 0.3 is 5.97 Å². The van der Waals surface area contributed by atoms with Crippen LogP contribution in [0.1, 0.15) is 37.0 Å². The van der Waals surface area contributed by atoms with Gasteiger partial charge in [-0.1, -0.05) is 11.6 Å². The number of rotatable bonds is 6. The molecule has 1 aromatic rings. The molecule has 0 saturated heterocycles. The molecular weight excluding hydrogens is 320 g/mol. The van der Waals surface area contributed by atoms with Crippen LogP contribution in [-0.4, -0.2) is 40.9 Å². The summed E-state index contributed by atoms with van der Waals surface area (Å²) in [6.07, 6.45) is 0.668. The van der Waals surface area contributed by atoms with Gasteiger partial charge in [-0.15, -0.1) is 0 Å². The van der Waals surface area contributed by atoms with E-state index in [1.165, 1.54) is 6.07 Å². The van der Waals surface area contributed by atoms with E-state index < -0.39 is 17.3 Å². The summed E-state index contributed by atoms with van der Waals surface area (Å²) >= 11 is 6.14. The van der Waals surface area contributed by atoms with Crippen molar-refractivity contribution in [1.29, 1.82) is 0 Å². The molecule has 0 radical (unpaired) electrons. The van der Waals surface area contributed by atoms with Crippen LogP contribution in [0, 0.1) is 5.41 Å². The third-order valence-electron chi connectivity index (χ3n) is 4.10. The maximum absolute atomic E-state index is 12.3. The molecule has 1 fully saturated rings. The van der Waals surface area contributed by atoms with E-state index in [1.54, 1.807) is 17.0 Å². The zero-order valence-corrected chi connectivity index (χ0v) is 13.8. The van der Waals surface area contributed by atoms with Crippen molar-refractivity contribution in [3.05, 3.63) is 28.8 Å². The molecule has 2 amide bonds. The van der Waals surface area contributed by atoms with Crippen molar-refractivity contribution in [2.24, 2.45) is 5.41 Å². The van der Waals surface area contributed by atoms with Crippen LogP contribution in [0.2, 0.25) is 5.02 Å². The van der Waals surface area contributed by atoms with Crippen LogP contribution in [-0.2, 0) is 9.59 Å². The Bertz CT molecular complexity index is 651. The van der Waals surface area contributed by atoms with Gasteiger partial charge in [0.05, 0.1) is 10.6 Å². The molecule has 1 aromatic carbocycles. The predicted molar refractivity (Wildman–Crippen MR) is 86.6 cm³/mol. The van der Waals surface area contributed by atoms with Gasteiger partial charge in [0, 0.05) is 18.8 Å². The molecule has 1 aliphatic carbocycles. The monoisotopic (exact) mass is 338 g/mol. The molecule has 0 aliphatic heterocycles. The van der Waals surface area contributed by atoms with E-state index in [2.05, 4.69) is 5.32 Å². The number of halogens is 1. The fourth-order valence-electron chi connectivity index (χ4n) is 2.36. The Balaban J connectivity index is 2.15. The molecule has 1 saturated carbocycles. The third-order valence-corrected chi connectivity index (χ3v) is 4.41. The number of nitrogens with zero attached hydrogens (tertiary/aromatic N) is 1. The predicted octanol–water partition coefficient (Wildman–Crippen LogP) is 2.63. The van der Waals surface area contributed by atoms with Crippen LogP contribution in [0.15, 0.2) is 18.2 Å². The van der Waals surface area contributed by atoms with E-state index >= 15 is 0 Å². The van der Waals surface area contributed by atoms with E-state index in [9.17, 15) is 14.4 Å². The lowest BCUT2D eigenvalue weighted by Crippen LogP contribution is -2.31. The number of carbonyl (C=O) groups is 3. The first kappa shape index (κ1) is 17.3. The van der Waals surface area contributed by atoms with Crippen molar-refractivity contribution in [2.75, 3.05) is 18.4 Å². The maximum atomic E-state index is 12.3. The van der Waals surface area contributed by atoms with E-state index in [0.29, 0.717) is 37.2 Å². The number of hydrogen-bond donors (Lipinski definition) is 2. The summed E-state index contributed by atoms with van der Waals surface area (Å²) in [7, 11) is 0. The quantitative estimate of drug-likeness (QED) is 0.781. The molecule has 0 heterocycles.